The van der Waals surface area contributed by atoms with Crippen molar-refractivity contribution in [3.05, 3.63) is 11.5 Å². The first-order valence-corrected chi connectivity index (χ1v) is 5.91. The minimum Gasteiger partial charge on any atom is -0.389 e. The van der Waals surface area contributed by atoms with Crippen LogP contribution in [-0.4, -0.2) is 19.1 Å². The second-order valence-electron chi connectivity index (χ2n) is 4.08. The third kappa shape index (κ3) is 1.69. The molecular formula is C10H15N5S. The molecule has 2 rings (SSSR count). The molecule has 2 aromatic rings. The van der Waals surface area contributed by atoms with E-state index >= 15 is 0 Å². The zero-order valence-corrected chi connectivity index (χ0v) is 10.7. The fourth-order valence-corrected chi connectivity index (χ4v) is 2.18. The number of aryl methyl sites for hydroxylation is 2. The van der Waals surface area contributed by atoms with Crippen LogP contribution in [0.4, 0.5) is 5.00 Å². The van der Waals surface area contributed by atoms with Gasteiger partial charge in [0.05, 0.1) is 11.3 Å². The first-order chi connectivity index (χ1) is 7.50. The van der Waals surface area contributed by atoms with Crippen LogP contribution < -0.4 is 5.73 Å². The van der Waals surface area contributed by atoms with E-state index in [4.69, 9.17) is 5.73 Å². The Morgan fingerprint density at radius 1 is 1.38 bits per heavy atom. The van der Waals surface area contributed by atoms with Crippen molar-refractivity contribution in [2.24, 2.45) is 7.05 Å². The van der Waals surface area contributed by atoms with Gasteiger partial charge in [-0.15, -0.1) is 0 Å². The Hall–Kier alpha value is -1.43. The molecule has 2 N–H and O–H groups in total. The van der Waals surface area contributed by atoms with E-state index in [9.17, 15) is 0 Å². The maximum Gasteiger partial charge on any atom is 0.163 e. The molecule has 2 aromatic heterocycles. The Morgan fingerprint density at radius 3 is 2.50 bits per heavy atom. The second-order valence-corrected chi connectivity index (χ2v) is 4.88. The summed E-state index contributed by atoms with van der Waals surface area (Å²) in [5.41, 5.74) is 7.72. The summed E-state index contributed by atoms with van der Waals surface area (Å²) in [5, 5.41) is 5.07. The second kappa shape index (κ2) is 3.86. The van der Waals surface area contributed by atoms with Crippen LogP contribution in [0.25, 0.3) is 11.4 Å². The molecule has 0 fully saturated rings. The molecule has 0 spiro atoms. The molecule has 0 aromatic carbocycles. The summed E-state index contributed by atoms with van der Waals surface area (Å²) in [5.74, 6) is 1.95. The number of anilines is 1. The molecule has 0 saturated carbocycles. The van der Waals surface area contributed by atoms with Crippen molar-refractivity contribution in [1.29, 1.82) is 0 Å². The number of nitrogen functional groups attached to an aromatic ring is 1. The zero-order chi connectivity index (χ0) is 11.9. The van der Waals surface area contributed by atoms with Crippen molar-refractivity contribution in [1.82, 2.24) is 19.1 Å². The van der Waals surface area contributed by atoms with Gasteiger partial charge in [-0.1, -0.05) is 13.8 Å². The lowest BCUT2D eigenvalue weighted by molar-refractivity contribution is 0.712. The van der Waals surface area contributed by atoms with Crippen molar-refractivity contribution in [2.75, 3.05) is 5.73 Å². The molecule has 6 heteroatoms. The first kappa shape index (κ1) is 11.1. The lowest BCUT2D eigenvalue weighted by Gasteiger charge is -1.98. The predicted molar refractivity (Wildman–Crippen MR) is 65.3 cm³/mol. The molecule has 0 radical (unpaired) electrons. The SMILES string of the molecule is Cc1nsc(N)c1-c1nc(C(C)C)nn1C. The first-order valence-electron chi connectivity index (χ1n) is 5.13. The van der Waals surface area contributed by atoms with Crippen LogP contribution in [0.1, 0.15) is 31.3 Å². The van der Waals surface area contributed by atoms with Crippen molar-refractivity contribution < 1.29 is 0 Å². The maximum absolute atomic E-state index is 5.90. The fourth-order valence-electron chi connectivity index (χ4n) is 1.53. The normalized spacial score (nSPS) is 11.3. The molecule has 0 atom stereocenters. The van der Waals surface area contributed by atoms with E-state index in [1.807, 2.05) is 14.0 Å². The molecule has 0 aliphatic heterocycles. The van der Waals surface area contributed by atoms with Crippen LogP contribution in [0.15, 0.2) is 0 Å². The van der Waals surface area contributed by atoms with Gasteiger partial charge in [-0.3, -0.25) is 0 Å². The number of aromatic nitrogens is 4. The number of nitrogens with two attached hydrogens (primary N) is 1. The molecule has 86 valence electrons. The monoisotopic (exact) mass is 237 g/mol. The van der Waals surface area contributed by atoms with Gasteiger partial charge in [-0.05, 0) is 18.5 Å². The number of hydrogen-bond donors (Lipinski definition) is 1. The van der Waals surface area contributed by atoms with E-state index in [0.29, 0.717) is 10.9 Å². The van der Waals surface area contributed by atoms with Gasteiger partial charge in [-0.25, -0.2) is 9.67 Å². The molecule has 0 aliphatic carbocycles. The van der Waals surface area contributed by atoms with Gasteiger partial charge in [-0.2, -0.15) is 9.47 Å². The standard InChI is InChI=1S/C10H15N5S/c1-5(2)9-12-10(15(4)13-9)7-6(3)14-16-8(7)11/h5H,11H2,1-4H3. The van der Waals surface area contributed by atoms with Crippen molar-refractivity contribution in [3.63, 3.8) is 0 Å². The number of nitrogens with zero attached hydrogens (tertiary/aromatic N) is 4. The summed E-state index contributed by atoms with van der Waals surface area (Å²) in [6, 6.07) is 0. The van der Waals surface area contributed by atoms with Gasteiger partial charge in [0.15, 0.2) is 11.6 Å². The highest BCUT2D eigenvalue weighted by Gasteiger charge is 2.18. The third-order valence-electron chi connectivity index (χ3n) is 2.41. The summed E-state index contributed by atoms with van der Waals surface area (Å²) in [6.45, 7) is 6.08. The fraction of sp³-hybridized carbons (Fsp3) is 0.500. The molecule has 0 aliphatic rings. The summed E-state index contributed by atoms with van der Waals surface area (Å²) in [4.78, 5) is 4.51. The van der Waals surface area contributed by atoms with Crippen LogP contribution in [0, 0.1) is 6.92 Å². The summed E-state index contributed by atoms with van der Waals surface area (Å²) >= 11 is 1.30. The van der Waals surface area contributed by atoms with E-state index in [1.54, 1.807) is 4.68 Å². The highest BCUT2D eigenvalue weighted by molar-refractivity contribution is 7.10. The van der Waals surface area contributed by atoms with Gasteiger partial charge >= 0.3 is 0 Å². The lowest BCUT2D eigenvalue weighted by atomic mass is 10.2. The average Bonchev–Trinajstić information content (AvgIpc) is 2.71. The zero-order valence-electron chi connectivity index (χ0n) is 9.85. The van der Waals surface area contributed by atoms with E-state index in [2.05, 4.69) is 28.3 Å². The Morgan fingerprint density at radius 2 is 2.06 bits per heavy atom. The molecule has 5 nitrogen and oxygen atoms in total. The molecule has 16 heavy (non-hydrogen) atoms. The van der Waals surface area contributed by atoms with Crippen LogP contribution in [0.5, 0.6) is 0 Å². The molecule has 2 heterocycles. The Labute approximate surface area is 98.5 Å². The van der Waals surface area contributed by atoms with Crippen molar-refractivity contribution in [3.8, 4) is 11.4 Å². The molecule has 0 unspecified atom stereocenters. The van der Waals surface area contributed by atoms with Gasteiger partial charge < -0.3 is 5.73 Å². The summed E-state index contributed by atoms with van der Waals surface area (Å²) in [7, 11) is 1.88. The van der Waals surface area contributed by atoms with Crippen LogP contribution in [0.3, 0.4) is 0 Å². The number of rotatable bonds is 2. The van der Waals surface area contributed by atoms with Gasteiger partial charge in [0.25, 0.3) is 0 Å². The van der Waals surface area contributed by atoms with E-state index in [1.165, 1.54) is 11.5 Å². The smallest absolute Gasteiger partial charge is 0.163 e. The van der Waals surface area contributed by atoms with Gasteiger partial charge in [0, 0.05) is 13.0 Å². The van der Waals surface area contributed by atoms with Crippen molar-refractivity contribution in [2.45, 2.75) is 26.7 Å². The summed E-state index contributed by atoms with van der Waals surface area (Å²) < 4.78 is 5.99. The predicted octanol–water partition coefficient (Wildman–Crippen LogP) is 1.95. The third-order valence-corrected chi connectivity index (χ3v) is 3.17. The Balaban J connectivity index is 2.56. The van der Waals surface area contributed by atoms with Crippen LogP contribution in [-0.2, 0) is 7.05 Å². The van der Waals surface area contributed by atoms with E-state index in [-0.39, 0.29) is 0 Å². The lowest BCUT2D eigenvalue weighted by Crippen LogP contribution is -1.97. The number of hydrogen-bond acceptors (Lipinski definition) is 5. The average molecular weight is 237 g/mol. The van der Waals surface area contributed by atoms with E-state index in [0.717, 1.165) is 22.9 Å². The minimum absolute atomic E-state index is 0.313. The minimum atomic E-state index is 0.313. The molecule has 0 bridgehead atoms. The topological polar surface area (TPSA) is 69.6 Å². The molecular weight excluding hydrogens is 222 g/mol. The molecule has 0 amide bonds. The van der Waals surface area contributed by atoms with Crippen LogP contribution in [0.2, 0.25) is 0 Å². The maximum atomic E-state index is 5.90. The Kier molecular flexibility index (Phi) is 2.67. The highest BCUT2D eigenvalue weighted by atomic mass is 32.1. The quantitative estimate of drug-likeness (QED) is 0.866. The van der Waals surface area contributed by atoms with E-state index < -0.39 is 0 Å². The van der Waals surface area contributed by atoms with Gasteiger partial charge in [0.2, 0.25) is 0 Å². The van der Waals surface area contributed by atoms with Crippen molar-refractivity contribution >= 4 is 16.5 Å². The van der Waals surface area contributed by atoms with Gasteiger partial charge in [0.1, 0.15) is 5.00 Å². The largest absolute Gasteiger partial charge is 0.389 e. The highest BCUT2D eigenvalue weighted by Crippen LogP contribution is 2.31. The summed E-state index contributed by atoms with van der Waals surface area (Å²) in [6.07, 6.45) is 0. The Bertz CT molecular complexity index is 492. The molecule has 0 saturated heterocycles. The van der Waals surface area contributed by atoms with Crippen LogP contribution >= 0.6 is 11.5 Å².